The van der Waals surface area contributed by atoms with Crippen molar-refractivity contribution in [2.24, 2.45) is 5.92 Å². The van der Waals surface area contributed by atoms with Crippen molar-refractivity contribution in [2.75, 3.05) is 24.1 Å². The maximum Gasteiger partial charge on any atom is 0.278 e. The Hall–Kier alpha value is -4.84. The van der Waals surface area contributed by atoms with E-state index in [1.807, 2.05) is 12.1 Å². The van der Waals surface area contributed by atoms with Crippen LogP contribution in [-0.4, -0.2) is 54.1 Å². The molecule has 1 heterocycles. The van der Waals surface area contributed by atoms with Gasteiger partial charge in [-0.15, -0.1) is 0 Å². The van der Waals surface area contributed by atoms with Crippen molar-refractivity contribution in [3.05, 3.63) is 90.4 Å². The minimum Gasteiger partial charge on any atom is -0.382 e. The summed E-state index contributed by atoms with van der Waals surface area (Å²) < 4.78 is 28.4. The van der Waals surface area contributed by atoms with Crippen LogP contribution in [0.4, 0.5) is 11.5 Å². The number of aromatic nitrogens is 2. The fourth-order valence-electron chi connectivity index (χ4n) is 4.32. The lowest BCUT2D eigenvalue weighted by molar-refractivity contribution is -0.141. The molecule has 4 aromatic rings. The molecule has 0 radical (unpaired) electrons. The average Bonchev–Trinajstić information content (AvgIpc) is 2.97. The molecule has 3 amide bonds. The molecule has 1 unspecified atom stereocenters. The molecule has 41 heavy (non-hydrogen) atoms. The molecule has 0 bridgehead atoms. The molecule has 12 heteroatoms. The third-order valence-electron chi connectivity index (χ3n) is 6.55. The van der Waals surface area contributed by atoms with Gasteiger partial charge in [-0.05, 0) is 60.9 Å². The lowest BCUT2D eigenvalue weighted by Gasteiger charge is -2.24. The second-order valence-corrected chi connectivity index (χ2v) is 10.9. The van der Waals surface area contributed by atoms with Crippen molar-refractivity contribution in [3.8, 4) is 0 Å². The van der Waals surface area contributed by atoms with E-state index >= 15 is 0 Å². The van der Waals surface area contributed by atoms with Gasteiger partial charge in [0.15, 0.2) is 11.5 Å². The van der Waals surface area contributed by atoms with E-state index in [0.29, 0.717) is 29.7 Å². The van der Waals surface area contributed by atoms with E-state index in [1.54, 1.807) is 56.3 Å². The van der Waals surface area contributed by atoms with Gasteiger partial charge >= 0.3 is 0 Å². The monoisotopic (exact) mass is 574 g/mol. The van der Waals surface area contributed by atoms with Crippen LogP contribution in [0.2, 0.25) is 0 Å². The lowest BCUT2D eigenvalue weighted by atomic mass is 9.97. The van der Waals surface area contributed by atoms with Gasteiger partial charge in [0.1, 0.15) is 5.92 Å². The minimum atomic E-state index is -4.25. The Morgan fingerprint density at radius 1 is 0.902 bits per heavy atom. The third kappa shape index (κ3) is 6.84. The third-order valence-corrected chi connectivity index (χ3v) is 7.89. The minimum absolute atomic E-state index is 0.0102. The molecule has 0 aliphatic carbocycles. The highest BCUT2D eigenvalue weighted by Crippen LogP contribution is 2.21. The lowest BCUT2D eigenvalue weighted by Crippen LogP contribution is -2.46. The van der Waals surface area contributed by atoms with E-state index in [1.165, 1.54) is 29.4 Å². The van der Waals surface area contributed by atoms with Gasteiger partial charge in [0, 0.05) is 31.2 Å². The van der Waals surface area contributed by atoms with E-state index in [9.17, 15) is 22.8 Å². The van der Waals surface area contributed by atoms with Crippen molar-refractivity contribution in [1.82, 2.24) is 19.6 Å². The summed E-state index contributed by atoms with van der Waals surface area (Å²) in [4.78, 5) is 48.4. The molecule has 11 nitrogen and oxygen atoms in total. The van der Waals surface area contributed by atoms with E-state index in [2.05, 4.69) is 20.0 Å². The highest BCUT2D eigenvalue weighted by atomic mass is 32.2. The van der Waals surface area contributed by atoms with Gasteiger partial charge in [0.05, 0.1) is 4.90 Å². The Labute approximate surface area is 237 Å². The Morgan fingerprint density at radius 3 is 2.22 bits per heavy atom. The average molecular weight is 575 g/mol. The summed E-state index contributed by atoms with van der Waals surface area (Å²) in [6, 6.07) is 18.3. The number of hydrogen-bond acceptors (Lipinski definition) is 8. The first kappa shape index (κ1) is 29.2. The Kier molecular flexibility index (Phi) is 8.93. The van der Waals surface area contributed by atoms with Crippen molar-refractivity contribution in [3.63, 3.8) is 0 Å². The van der Waals surface area contributed by atoms with Crippen molar-refractivity contribution >= 4 is 50.0 Å². The van der Waals surface area contributed by atoms with Crippen LogP contribution in [0.15, 0.2) is 84.0 Å². The number of nitrogens with zero attached hydrogens (tertiary/aromatic N) is 3. The Morgan fingerprint density at radius 2 is 1.56 bits per heavy atom. The van der Waals surface area contributed by atoms with Crippen molar-refractivity contribution in [1.29, 1.82) is 0 Å². The van der Waals surface area contributed by atoms with E-state index in [0.717, 1.165) is 5.39 Å². The number of rotatable bonds is 10. The number of benzene rings is 3. The molecule has 0 fully saturated rings. The highest BCUT2D eigenvalue weighted by molar-refractivity contribution is 7.90. The largest absolute Gasteiger partial charge is 0.382 e. The first-order valence-electron chi connectivity index (χ1n) is 12.9. The van der Waals surface area contributed by atoms with Crippen molar-refractivity contribution < 1.29 is 22.8 Å². The van der Waals surface area contributed by atoms with Gasteiger partial charge in [-0.25, -0.2) is 23.1 Å². The van der Waals surface area contributed by atoms with Gasteiger partial charge in [0.2, 0.25) is 11.8 Å². The Bertz CT molecular complexity index is 1690. The molecule has 0 aliphatic rings. The van der Waals surface area contributed by atoms with Gasteiger partial charge in [-0.2, -0.15) is 0 Å². The molecule has 4 N–H and O–H groups in total. The fraction of sp³-hybridized carbons (Fsp3) is 0.207. The number of nitrogens with one attached hydrogen (secondary N) is 2. The predicted molar refractivity (Wildman–Crippen MR) is 155 cm³/mol. The van der Waals surface area contributed by atoms with E-state index in [4.69, 9.17) is 5.73 Å². The van der Waals surface area contributed by atoms with Crippen LogP contribution in [0.25, 0.3) is 10.8 Å². The van der Waals surface area contributed by atoms with Crippen LogP contribution in [-0.2, 0) is 26.0 Å². The second kappa shape index (κ2) is 12.6. The van der Waals surface area contributed by atoms with Gasteiger partial charge in [-0.3, -0.25) is 14.4 Å². The van der Waals surface area contributed by atoms with Crippen LogP contribution in [0.3, 0.4) is 0 Å². The molecule has 4 rings (SSSR count). The number of nitrogen functional groups attached to an aromatic ring is 1. The van der Waals surface area contributed by atoms with Gasteiger partial charge in [-0.1, -0.05) is 42.5 Å². The van der Waals surface area contributed by atoms with Gasteiger partial charge < -0.3 is 16.0 Å². The number of hydrogen-bond donors (Lipinski definition) is 3. The summed E-state index contributed by atoms with van der Waals surface area (Å²) in [5.41, 5.74) is 6.71. The van der Waals surface area contributed by atoms with Gasteiger partial charge in [0.25, 0.3) is 15.9 Å². The van der Waals surface area contributed by atoms with Crippen molar-refractivity contribution in [2.45, 2.75) is 25.2 Å². The van der Waals surface area contributed by atoms with Crippen LogP contribution in [0.1, 0.15) is 29.9 Å². The summed E-state index contributed by atoms with van der Waals surface area (Å²) in [5, 5.41) is 4.22. The number of carbonyl (C=O) groups excluding carboxylic acids is 3. The molecule has 212 valence electrons. The summed E-state index contributed by atoms with van der Waals surface area (Å²) in [6.07, 6.45) is 2.67. The standard InChI is InChI=1S/C29H30N6O5S/c1-3-35(4-2)29(38)24(27(36)34-41(39,40)23-14-11-20-7-5-6-8-21(20)18-23)17-19-9-12-22(13-10-19)33-28(37)25-26(30)32-16-15-31-25/h5-16,18,24H,3-4,17H2,1-2H3,(H2,30,32)(H,33,37)(H,34,36). The number of nitrogens with two attached hydrogens (primary N) is 1. The molecule has 0 saturated carbocycles. The van der Waals surface area contributed by atoms with Crippen LogP contribution in [0, 0.1) is 5.92 Å². The maximum absolute atomic E-state index is 13.4. The molecule has 1 atom stereocenters. The zero-order chi connectivity index (χ0) is 29.6. The number of sulfonamides is 1. The smallest absolute Gasteiger partial charge is 0.278 e. The summed E-state index contributed by atoms with van der Waals surface area (Å²) in [6.45, 7) is 4.27. The predicted octanol–water partition coefficient (Wildman–Crippen LogP) is 3.00. The number of carbonyl (C=O) groups is 3. The number of anilines is 2. The molecule has 1 aromatic heterocycles. The number of fused-ring (bicyclic) bond motifs is 1. The summed E-state index contributed by atoms with van der Waals surface area (Å²) >= 11 is 0. The molecule has 0 saturated heterocycles. The molecular weight excluding hydrogens is 544 g/mol. The normalized spacial score (nSPS) is 12.0. The van der Waals surface area contributed by atoms with E-state index in [-0.39, 0.29) is 22.8 Å². The quantitative estimate of drug-likeness (QED) is 0.243. The first-order valence-corrected chi connectivity index (χ1v) is 14.4. The zero-order valence-corrected chi connectivity index (χ0v) is 23.4. The fourth-order valence-corrected chi connectivity index (χ4v) is 5.37. The maximum atomic E-state index is 13.4. The van der Waals surface area contributed by atoms with Crippen LogP contribution in [0.5, 0.6) is 0 Å². The van der Waals surface area contributed by atoms with Crippen LogP contribution >= 0.6 is 0 Å². The topological polar surface area (TPSA) is 164 Å². The zero-order valence-electron chi connectivity index (χ0n) is 22.6. The Balaban J connectivity index is 1.54. The SMILES string of the molecule is CCN(CC)C(=O)C(Cc1ccc(NC(=O)c2nccnc2N)cc1)C(=O)NS(=O)(=O)c1ccc2ccccc2c1. The molecule has 0 spiro atoms. The molecular formula is C29H30N6O5S. The highest BCUT2D eigenvalue weighted by Gasteiger charge is 2.33. The number of amides is 3. The molecule has 3 aromatic carbocycles. The van der Waals surface area contributed by atoms with E-state index < -0.39 is 33.7 Å². The first-order chi connectivity index (χ1) is 19.6. The summed E-state index contributed by atoms with van der Waals surface area (Å²) in [5.74, 6) is -3.27. The second-order valence-electron chi connectivity index (χ2n) is 9.19. The van der Waals surface area contributed by atoms with Crippen LogP contribution < -0.4 is 15.8 Å². The summed E-state index contributed by atoms with van der Waals surface area (Å²) in [7, 11) is -4.25. The molecule has 0 aliphatic heterocycles.